The molecule has 0 bridgehead atoms. The molecular weight excluding hydrogens is 232 g/mol. The molecule has 0 aliphatic carbocycles. The lowest BCUT2D eigenvalue weighted by Gasteiger charge is -2.06. The fraction of sp³-hybridized carbons (Fsp3) is 0.250. The van der Waals surface area contributed by atoms with Crippen LogP contribution in [0.5, 0.6) is 0 Å². The van der Waals surface area contributed by atoms with E-state index in [-0.39, 0.29) is 5.03 Å². The van der Waals surface area contributed by atoms with Crippen LogP contribution in [0.25, 0.3) is 0 Å². The van der Waals surface area contributed by atoms with E-state index in [0.29, 0.717) is 0 Å². The monoisotopic (exact) mass is 239 g/mol. The lowest BCUT2D eigenvalue weighted by Crippen LogP contribution is -2.08. The minimum absolute atomic E-state index is 0.146. The van der Waals surface area contributed by atoms with Gasteiger partial charge in [-0.15, -0.1) is 0 Å². The number of hydrogen-bond acceptors (Lipinski definition) is 3. The molecule has 0 aromatic carbocycles. The van der Waals surface area contributed by atoms with Crippen molar-refractivity contribution in [1.29, 1.82) is 0 Å². The summed E-state index contributed by atoms with van der Waals surface area (Å²) in [6, 6.07) is 0. The molecule has 7 heteroatoms. The second-order valence-corrected chi connectivity index (χ2v) is 2.75. The van der Waals surface area contributed by atoms with E-state index in [4.69, 9.17) is 11.6 Å². The van der Waals surface area contributed by atoms with E-state index in [2.05, 4.69) is 11.3 Å². The van der Waals surface area contributed by atoms with Gasteiger partial charge in [-0.25, -0.2) is 0 Å². The Bertz CT molecular complexity index is 326. The molecule has 15 heavy (non-hydrogen) atoms. The zero-order valence-electron chi connectivity index (χ0n) is 7.75. The zero-order chi connectivity index (χ0) is 12.0. The van der Waals surface area contributed by atoms with Crippen LogP contribution in [0.1, 0.15) is 6.92 Å². The van der Waals surface area contributed by atoms with Gasteiger partial charge in [0.25, 0.3) is 0 Å². The van der Waals surface area contributed by atoms with Gasteiger partial charge in [-0.05, 0) is 13.0 Å². The maximum Gasteiger partial charge on any atom is 0.387 e. The van der Waals surface area contributed by atoms with Gasteiger partial charge in [0.1, 0.15) is 0 Å². The summed E-state index contributed by atoms with van der Waals surface area (Å²) in [5.41, 5.74) is -0.600. The number of rotatable bonds is 5. The lowest BCUT2D eigenvalue weighted by molar-refractivity contribution is -0.425. The average Bonchev–Trinajstić information content (AvgIpc) is 2.01. The highest BCUT2D eigenvalue weighted by Gasteiger charge is 2.21. The largest absolute Gasteiger partial charge is 0.427 e. The predicted molar refractivity (Wildman–Crippen MR) is 50.9 cm³/mol. The molecule has 0 amide bonds. The number of nitro groups is 1. The number of alkyl halides is 2. The van der Waals surface area contributed by atoms with Crippen molar-refractivity contribution >= 4 is 11.6 Å². The smallest absolute Gasteiger partial charge is 0.387 e. The van der Waals surface area contributed by atoms with E-state index < -0.39 is 23.0 Å². The molecule has 0 aliphatic heterocycles. The quantitative estimate of drug-likeness (QED) is 0.321. The Hall–Kier alpha value is -1.43. The summed E-state index contributed by atoms with van der Waals surface area (Å²) in [5.74, 6) is -0.627. The van der Waals surface area contributed by atoms with E-state index in [0.717, 1.165) is 12.2 Å². The number of hydrogen-bond donors (Lipinski definition) is 0. The second-order valence-electron chi connectivity index (χ2n) is 2.26. The maximum absolute atomic E-state index is 11.9. The first kappa shape index (κ1) is 13.6. The van der Waals surface area contributed by atoms with E-state index >= 15 is 0 Å². The standard InChI is InChI=1S/C8H8ClF2NO3/c1-3-6(12(13)14)7(4-5(2)9)15-8(10)11/h3-4,8H,2H2,1H3/b6-3+,7-4+. The van der Waals surface area contributed by atoms with Crippen LogP contribution in [-0.4, -0.2) is 11.5 Å². The fourth-order valence-corrected chi connectivity index (χ4v) is 0.843. The third-order valence-electron chi connectivity index (χ3n) is 1.23. The molecule has 0 spiro atoms. The molecule has 0 aromatic heterocycles. The third-order valence-corrected chi connectivity index (χ3v) is 1.34. The van der Waals surface area contributed by atoms with Gasteiger partial charge in [0.15, 0.2) is 0 Å². The van der Waals surface area contributed by atoms with Crippen molar-refractivity contribution in [1.82, 2.24) is 0 Å². The van der Waals surface area contributed by atoms with Crippen molar-refractivity contribution < 1.29 is 18.4 Å². The Labute approximate surface area is 89.6 Å². The van der Waals surface area contributed by atoms with Gasteiger partial charge < -0.3 is 4.74 Å². The Balaban J connectivity index is 5.10. The fourth-order valence-electron chi connectivity index (χ4n) is 0.744. The van der Waals surface area contributed by atoms with E-state index in [9.17, 15) is 18.9 Å². The van der Waals surface area contributed by atoms with E-state index in [1.165, 1.54) is 6.92 Å². The summed E-state index contributed by atoms with van der Waals surface area (Å²) < 4.78 is 27.8. The summed E-state index contributed by atoms with van der Waals surface area (Å²) in [5, 5.41) is 10.3. The molecule has 84 valence electrons. The highest BCUT2D eigenvalue weighted by molar-refractivity contribution is 6.30. The van der Waals surface area contributed by atoms with Gasteiger partial charge in [0, 0.05) is 11.1 Å². The zero-order valence-corrected chi connectivity index (χ0v) is 8.50. The molecule has 0 saturated carbocycles. The summed E-state index contributed by atoms with van der Waals surface area (Å²) >= 11 is 5.32. The summed E-state index contributed by atoms with van der Waals surface area (Å²) in [6.07, 6.45) is 1.87. The SMILES string of the molecule is C=C(Cl)/C=C(OC(F)F)\C(=C/C)[N+](=O)[O-]. The highest BCUT2D eigenvalue weighted by Crippen LogP contribution is 2.18. The van der Waals surface area contributed by atoms with Crippen LogP contribution < -0.4 is 0 Å². The molecule has 0 radical (unpaired) electrons. The predicted octanol–water partition coefficient (Wildman–Crippen LogP) is 3.04. The van der Waals surface area contributed by atoms with Crippen molar-refractivity contribution in [2.24, 2.45) is 0 Å². The second kappa shape index (κ2) is 6.13. The van der Waals surface area contributed by atoms with Crippen LogP contribution in [0.3, 0.4) is 0 Å². The van der Waals surface area contributed by atoms with Crippen LogP contribution in [-0.2, 0) is 4.74 Å². The molecule has 0 saturated heterocycles. The van der Waals surface area contributed by atoms with Crippen LogP contribution in [0.2, 0.25) is 0 Å². The minimum atomic E-state index is -3.16. The van der Waals surface area contributed by atoms with Gasteiger partial charge >= 0.3 is 12.3 Å². The molecule has 0 fully saturated rings. The maximum atomic E-state index is 11.9. The summed E-state index contributed by atoms with van der Waals surface area (Å²) in [6.45, 7) is 1.35. The van der Waals surface area contributed by atoms with Gasteiger partial charge in [0.05, 0.1) is 4.92 Å². The van der Waals surface area contributed by atoms with Crippen molar-refractivity contribution in [3.05, 3.63) is 45.3 Å². The number of allylic oxidation sites excluding steroid dienone is 3. The Morgan fingerprint density at radius 2 is 2.20 bits per heavy atom. The van der Waals surface area contributed by atoms with Gasteiger partial charge in [-0.2, -0.15) is 8.78 Å². The third kappa shape index (κ3) is 5.11. The molecule has 0 N–H and O–H groups in total. The number of halogens is 3. The Morgan fingerprint density at radius 3 is 2.47 bits per heavy atom. The van der Waals surface area contributed by atoms with Crippen molar-refractivity contribution in [3.8, 4) is 0 Å². The molecule has 0 atom stereocenters. The molecule has 0 unspecified atom stereocenters. The summed E-state index contributed by atoms with van der Waals surface area (Å²) in [7, 11) is 0. The molecule has 0 heterocycles. The van der Waals surface area contributed by atoms with Crippen LogP contribution >= 0.6 is 11.6 Å². The number of nitrogens with zero attached hydrogens (tertiary/aromatic N) is 1. The Kier molecular flexibility index (Phi) is 5.54. The molecule has 4 nitrogen and oxygen atoms in total. The first-order chi connectivity index (χ1) is 6.88. The average molecular weight is 240 g/mol. The topological polar surface area (TPSA) is 52.4 Å². The van der Waals surface area contributed by atoms with Crippen molar-refractivity contribution in [3.63, 3.8) is 0 Å². The van der Waals surface area contributed by atoms with Crippen molar-refractivity contribution in [2.75, 3.05) is 0 Å². The normalized spacial score (nSPS) is 12.9. The van der Waals surface area contributed by atoms with E-state index in [1.54, 1.807) is 0 Å². The highest BCUT2D eigenvalue weighted by atomic mass is 35.5. The lowest BCUT2D eigenvalue weighted by atomic mass is 10.3. The van der Waals surface area contributed by atoms with Gasteiger partial charge in [-0.3, -0.25) is 10.1 Å². The summed E-state index contributed by atoms with van der Waals surface area (Å²) in [4.78, 5) is 9.58. The molecular formula is C8H8ClF2NO3. The molecule has 0 aliphatic rings. The van der Waals surface area contributed by atoms with Crippen LogP contribution in [0.4, 0.5) is 8.78 Å². The first-order valence-electron chi connectivity index (χ1n) is 3.70. The minimum Gasteiger partial charge on any atom is -0.427 e. The van der Waals surface area contributed by atoms with Gasteiger partial charge in [0.2, 0.25) is 5.76 Å². The van der Waals surface area contributed by atoms with Gasteiger partial charge in [-0.1, -0.05) is 18.2 Å². The van der Waals surface area contributed by atoms with Crippen molar-refractivity contribution in [2.45, 2.75) is 13.5 Å². The molecule has 0 rings (SSSR count). The van der Waals surface area contributed by atoms with Crippen LogP contribution in [0.15, 0.2) is 35.2 Å². The van der Waals surface area contributed by atoms with Crippen LogP contribution in [0, 0.1) is 10.1 Å². The first-order valence-corrected chi connectivity index (χ1v) is 4.08. The number of ether oxygens (including phenoxy) is 1. The Morgan fingerprint density at radius 1 is 1.67 bits per heavy atom. The molecule has 0 aromatic rings. The van der Waals surface area contributed by atoms with E-state index in [1.807, 2.05) is 0 Å².